The van der Waals surface area contributed by atoms with Gasteiger partial charge >= 0.3 is 11.9 Å². The SMILES string of the molecule is [2H]N(CC(=O)N[C@@H](CCC(=O)OCC)C(=O)OCC)C(=O)C(C)(C)Cc1ccc(Cl)cc1. The largest absolute Gasteiger partial charge is 0.466 e. The zero-order valence-corrected chi connectivity index (χ0v) is 19.2. The highest BCUT2D eigenvalue weighted by Crippen LogP contribution is 2.23. The van der Waals surface area contributed by atoms with Gasteiger partial charge in [0.25, 0.3) is 0 Å². The monoisotopic (exact) mass is 455 g/mol. The van der Waals surface area contributed by atoms with Crippen LogP contribution in [0.2, 0.25) is 6.43 Å². The van der Waals surface area contributed by atoms with E-state index in [0.29, 0.717) is 16.8 Å². The van der Waals surface area contributed by atoms with Crippen LogP contribution in [0.5, 0.6) is 0 Å². The van der Waals surface area contributed by atoms with Crippen LogP contribution in [0.25, 0.3) is 0 Å². The molecule has 0 radical (unpaired) electrons. The van der Waals surface area contributed by atoms with Gasteiger partial charge < -0.3 is 20.1 Å². The van der Waals surface area contributed by atoms with Gasteiger partial charge in [-0.2, -0.15) is 0 Å². The molecule has 0 fully saturated rings. The third kappa shape index (κ3) is 9.83. The highest BCUT2D eigenvalue weighted by molar-refractivity contribution is 6.30. The Balaban J connectivity index is 2.72. The Hall–Kier alpha value is -2.61. The summed E-state index contributed by atoms with van der Waals surface area (Å²) in [7, 11) is 0. The van der Waals surface area contributed by atoms with Gasteiger partial charge in [-0.1, -0.05) is 37.6 Å². The number of rotatable bonds is 12. The Morgan fingerprint density at radius 1 is 1.10 bits per heavy atom. The van der Waals surface area contributed by atoms with Gasteiger partial charge in [-0.15, -0.1) is 0 Å². The van der Waals surface area contributed by atoms with Crippen molar-refractivity contribution < 1.29 is 30.1 Å². The van der Waals surface area contributed by atoms with Crippen LogP contribution in [-0.4, -0.2) is 49.6 Å². The molecule has 2 amide bonds. The van der Waals surface area contributed by atoms with Gasteiger partial charge in [0, 0.05) is 16.9 Å². The van der Waals surface area contributed by atoms with Crippen molar-refractivity contribution in [3.63, 3.8) is 0 Å². The molecule has 9 heteroatoms. The third-order valence-electron chi connectivity index (χ3n) is 4.35. The van der Waals surface area contributed by atoms with Crippen LogP contribution in [0.1, 0.15) is 46.1 Å². The lowest BCUT2D eigenvalue weighted by molar-refractivity contribution is -0.148. The van der Waals surface area contributed by atoms with Gasteiger partial charge in [0.1, 0.15) is 6.04 Å². The van der Waals surface area contributed by atoms with E-state index in [4.69, 9.17) is 22.5 Å². The molecule has 1 aromatic rings. The fraction of sp³-hybridized carbons (Fsp3) is 0.545. The van der Waals surface area contributed by atoms with E-state index in [0.717, 1.165) is 5.56 Å². The predicted octanol–water partition coefficient (Wildman–Crippen LogP) is 2.42. The summed E-state index contributed by atoms with van der Waals surface area (Å²) in [5.74, 6) is -2.47. The van der Waals surface area contributed by atoms with E-state index in [9.17, 15) is 19.2 Å². The molecule has 0 spiro atoms. The van der Waals surface area contributed by atoms with Crippen molar-refractivity contribution in [3.8, 4) is 0 Å². The molecule has 0 saturated heterocycles. The molecule has 1 aromatic carbocycles. The van der Waals surface area contributed by atoms with E-state index in [2.05, 4.69) is 5.32 Å². The molecule has 1 atom stereocenters. The second-order valence-electron chi connectivity index (χ2n) is 7.52. The number of halogens is 1. The summed E-state index contributed by atoms with van der Waals surface area (Å²) >= 11 is 5.88. The standard InChI is InChI=1S/C22H31ClN2O6/c1-5-30-19(27)12-11-17(20(28)31-6-2)25-18(26)14-24-21(29)22(3,4)13-15-7-9-16(23)10-8-15/h7-10,17H,5-6,11-14H2,1-4H3,(H,24,29)(H,25,26)/t17-/m0/s1/i/hD. The molecule has 0 aliphatic heterocycles. The molecule has 1 rings (SSSR count). The lowest BCUT2D eigenvalue weighted by Gasteiger charge is -2.24. The maximum Gasteiger partial charge on any atom is 0.328 e. The van der Waals surface area contributed by atoms with Gasteiger partial charge in [-0.05, 0) is 44.4 Å². The molecular formula is C22H31ClN2O6. The summed E-state index contributed by atoms with van der Waals surface area (Å²) in [6, 6.07) is 5.94. The molecule has 0 bridgehead atoms. The second-order valence-corrected chi connectivity index (χ2v) is 7.96. The van der Waals surface area contributed by atoms with Gasteiger partial charge in [0.05, 0.1) is 19.8 Å². The molecule has 0 aliphatic rings. The number of benzene rings is 1. The Bertz CT molecular complexity index is 800. The first-order chi connectivity index (χ1) is 15.0. The summed E-state index contributed by atoms with van der Waals surface area (Å²) in [6.45, 7) is 6.39. The number of ether oxygens (including phenoxy) is 2. The number of esters is 2. The van der Waals surface area contributed by atoms with E-state index in [1.165, 1.54) is 0 Å². The maximum atomic E-state index is 12.8. The fourth-order valence-corrected chi connectivity index (χ4v) is 2.90. The number of nitrogens with one attached hydrogen (secondary N) is 2. The molecule has 172 valence electrons. The molecule has 0 aliphatic carbocycles. The lowest BCUT2D eigenvalue weighted by Crippen LogP contribution is -2.48. The first kappa shape index (κ1) is 24.7. The van der Waals surface area contributed by atoms with Crippen LogP contribution >= 0.6 is 11.6 Å². The molecule has 0 unspecified atom stereocenters. The van der Waals surface area contributed by atoms with Crippen molar-refractivity contribution in [2.45, 2.75) is 53.0 Å². The normalized spacial score (nSPS) is 12.4. The number of carbonyl (C=O) groups excluding carboxylic acids is 4. The number of amides is 2. The lowest BCUT2D eigenvalue weighted by atomic mass is 9.85. The van der Waals surface area contributed by atoms with Crippen LogP contribution < -0.4 is 10.6 Å². The highest BCUT2D eigenvalue weighted by Gasteiger charge is 2.29. The van der Waals surface area contributed by atoms with E-state index >= 15 is 0 Å². The van der Waals surface area contributed by atoms with Crippen molar-refractivity contribution in [3.05, 3.63) is 34.9 Å². The fourth-order valence-electron chi connectivity index (χ4n) is 2.77. The zero-order valence-electron chi connectivity index (χ0n) is 19.4. The molecule has 0 saturated carbocycles. The molecular weight excluding hydrogens is 424 g/mol. The van der Waals surface area contributed by atoms with E-state index in [1.807, 2.05) is 0 Å². The Morgan fingerprint density at radius 2 is 1.71 bits per heavy atom. The number of hydrogen-bond acceptors (Lipinski definition) is 6. The van der Waals surface area contributed by atoms with E-state index in [-0.39, 0.29) is 26.1 Å². The van der Waals surface area contributed by atoms with Crippen molar-refractivity contribution in [1.29, 1.82) is 0 Å². The van der Waals surface area contributed by atoms with Gasteiger partial charge in [0.15, 0.2) is 1.41 Å². The Labute approximate surface area is 189 Å². The summed E-state index contributed by atoms with van der Waals surface area (Å²) in [5, 5.41) is 3.59. The smallest absolute Gasteiger partial charge is 0.328 e. The average Bonchev–Trinajstić information content (AvgIpc) is 2.72. The quantitative estimate of drug-likeness (QED) is 0.468. The minimum atomic E-state index is -1.09. The van der Waals surface area contributed by atoms with Crippen LogP contribution in [-0.2, 0) is 35.1 Å². The zero-order chi connectivity index (χ0) is 24.3. The predicted molar refractivity (Wildman–Crippen MR) is 116 cm³/mol. The molecule has 8 nitrogen and oxygen atoms in total. The van der Waals surface area contributed by atoms with Crippen molar-refractivity contribution >= 4 is 35.4 Å². The summed E-state index contributed by atoms with van der Waals surface area (Å²) in [6.07, 6.45) is 0.248. The molecule has 0 heterocycles. The van der Waals surface area contributed by atoms with Crippen LogP contribution in [0, 0.1) is 5.41 Å². The van der Waals surface area contributed by atoms with Gasteiger partial charge in [-0.25, -0.2) is 4.79 Å². The molecule has 2 N–H and O–H groups in total. The average molecular weight is 456 g/mol. The number of hydrogen-bond donors (Lipinski definition) is 2. The highest BCUT2D eigenvalue weighted by atomic mass is 35.5. The number of carbonyl (C=O) groups is 4. The minimum absolute atomic E-state index is 0.0165. The summed E-state index contributed by atoms with van der Waals surface area (Å²) in [5.41, 5.74) is -0.0766. The maximum absolute atomic E-state index is 12.8. The second kappa shape index (κ2) is 12.9. The first-order valence-electron chi connectivity index (χ1n) is 10.6. The Morgan fingerprint density at radius 3 is 2.29 bits per heavy atom. The van der Waals surface area contributed by atoms with E-state index in [1.54, 1.807) is 52.0 Å². The Kier molecular flexibility index (Phi) is 10.3. The van der Waals surface area contributed by atoms with Gasteiger partial charge in [-0.3, -0.25) is 14.4 Å². The van der Waals surface area contributed by atoms with Crippen molar-refractivity contribution in [1.82, 2.24) is 10.6 Å². The summed E-state index contributed by atoms with van der Waals surface area (Å²) in [4.78, 5) is 48.9. The topological polar surface area (TPSA) is 111 Å². The van der Waals surface area contributed by atoms with Gasteiger partial charge in [0.2, 0.25) is 11.8 Å². The van der Waals surface area contributed by atoms with Crippen LogP contribution in [0.3, 0.4) is 0 Å². The third-order valence-corrected chi connectivity index (χ3v) is 4.61. The van der Waals surface area contributed by atoms with E-state index < -0.39 is 41.8 Å². The summed E-state index contributed by atoms with van der Waals surface area (Å²) < 4.78 is 17.8. The van der Waals surface area contributed by atoms with Crippen LogP contribution in [0.15, 0.2) is 24.3 Å². The molecule has 0 aromatic heterocycles. The first-order valence-corrected chi connectivity index (χ1v) is 10.5. The molecule has 31 heavy (non-hydrogen) atoms. The van der Waals surface area contributed by atoms with Crippen LogP contribution in [0.4, 0.5) is 0 Å². The van der Waals surface area contributed by atoms with Crippen molar-refractivity contribution in [2.75, 3.05) is 19.8 Å². The van der Waals surface area contributed by atoms with Crippen molar-refractivity contribution in [2.24, 2.45) is 5.41 Å². The minimum Gasteiger partial charge on any atom is -0.466 e.